The molecule has 0 unspecified atom stereocenters. The van der Waals surface area contributed by atoms with Crippen LogP contribution in [0.5, 0.6) is 11.8 Å². The Morgan fingerprint density at radius 2 is 1.03 bits per heavy atom. The third kappa shape index (κ3) is 9.74. The number of aromatic nitrogens is 6. The first kappa shape index (κ1) is 44.0. The van der Waals surface area contributed by atoms with Crippen LogP contribution in [-0.4, -0.2) is 129 Å². The maximum absolute atomic E-state index is 11.7. The van der Waals surface area contributed by atoms with E-state index in [1.165, 1.54) is 11.4 Å². The monoisotopic (exact) mass is 883 g/mol. The highest BCUT2D eigenvalue weighted by Gasteiger charge is 2.31. The zero-order valence-electron chi connectivity index (χ0n) is 38.5. The summed E-state index contributed by atoms with van der Waals surface area (Å²) in [6.45, 7) is 18.2. The molecule has 4 saturated heterocycles. The molecule has 16 nitrogen and oxygen atoms in total. The number of ether oxygens (including phenoxy) is 2. The van der Waals surface area contributed by atoms with Crippen molar-refractivity contribution in [2.45, 2.75) is 58.8 Å². The Kier molecular flexibility index (Phi) is 12.9. The van der Waals surface area contributed by atoms with Gasteiger partial charge in [-0.15, -0.1) is 0 Å². The highest BCUT2D eigenvalue weighted by atomic mass is 16.5. The van der Waals surface area contributed by atoms with Crippen LogP contribution in [0.15, 0.2) is 73.3 Å². The van der Waals surface area contributed by atoms with Gasteiger partial charge in [0.05, 0.1) is 35.1 Å². The number of piperazine rings is 2. The number of hydrogen-bond donors (Lipinski definition) is 3. The lowest BCUT2D eigenvalue weighted by atomic mass is 10.0. The van der Waals surface area contributed by atoms with Crippen molar-refractivity contribution in [2.24, 2.45) is 25.9 Å². The van der Waals surface area contributed by atoms with E-state index in [4.69, 9.17) is 19.4 Å². The second-order valence-electron chi connectivity index (χ2n) is 18.2. The summed E-state index contributed by atoms with van der Waals surface area (Å²) in [6, 6.07) is 21.8. The topological polar surface area (TPSA) is 160 Å². The molecule has 4 aliphatic rings. The lowest BCUT2D eigenvalue weighted by Gasteiger charge is -2.38. The number of nitrogens with zero attached hydrogens (tertiary/aromatic N) is 9. The Bertz CT molecular complexity index is 2610. The fourth-order valence-electron chi connectivity index (χ4n) is 9.31. The van der Waals surface area contributed by atoms with E-state index in [1.54, 1.807) is 12.7 Å². The molecule has 2 amide bonds. The molecule has 2 aromatic carbocycles. The molecule has 4 aromatic heterocycles. The number of carbonyl (C=O) groups excluding carboxylic acids is 2. The molecule has 0 bridgehead atoms. The first-order valence-electron chi connectivity index (χ1n) is 23.1. The Morgan fingerprint density at radius 1 is 0.600 bits per heavy atom. The predicted molar refractivity (Wildman–Crippen MR) is 254 cm³/mol. The first-order valence-corrected chi connectivity index (χ1v) is 23.1. The Labute approximate surface area is 380 Å². The van der Waals surface area contributed by atoms with Crippen molar-refractivity contribution >= 4 is 45.3 Å². The van der Waals surface area contributed by atoms with Gasteiger partial charge in [0.2, 0.25) is 23.6 Å². The number of hydrogen-bond acceptors (Lipinski definition) is 12. The predicted octanol–water partition coefficient (Wildman–Crippen LogP) is 5.02. The van der Waals surface area contributed by atoms with Crippen molar-refractivity contribution in [1.29, 1.82) is 0 Å². The Balaban J connectivity index is 0.000000165. The maximum atomic E-state index is 11.7. The van der Waals surface area contributed by atoms with Gasteiger partial charge in [0, 0.05) is 133 Å². The van der Waals surface area contributed by atoms with Gasteiger partial charge in [-0.3, -0.25) is 14.5 Å². The summed E-state index contributed by atoms with van der Waals surface area (Å²) in [7, 11) is 3.89. The highest BCUT2D eigenvalue weighted by Crippen LogP contribution is 2.34. The van der Waals surface area contributed by atoms with Gasteiger partial charge in [-0.1, -0.05) is 24.3 Å². The van der Waals surface area contributed by atoms with E-state index in [-0.39, 0.29) is 35.9 Å². The van der Waals surface area contributed by atoms with Crippen LogP contribution in [0.1, 0.15) is 40.5 Å². The third-order valence-corrected chi connectivity index (χ3v) is 13.5. The quantitative estimate of drug-likeness (QED) is 0.160. The van der Waals surface area contributed by atoms with Gasteiger partial charge >= 0.3 is 0 Å². The van der Waals surface area contributed by atoms with E-state index in [0.29, 0.717) is 43.7 Å². The van der Waals surface area contributed by atoms with E-state index >= 15 is 0 Å². The summed E-state index contributed by atoms with van der Waals surface area (Å²) in [5.41, 5.74) is 9.64. The van der Waals surface area contributed by atoms with Crippen molar-refractivity contribution in [3.63, 3.8) is 0 Å². The van der Waals surface area contributed by atoms with Crippen LogP contribution in [0, 0.1) is 11.8 Å². The number of fused-ring (bicyclic) bond motifs is 2. The molecule has 342 valence electrons. The molecule has 4 aliphatic heterocycles. The van der Waals surface area contributed by atoms with Crippen LogP contribution in [0.2, 0.25) is 0 Å². The summed E-state index contributed by atoms with van der Waals surface area (Å²) in [6.07, 6.45) is 4.28. The molecule has 0 radical (unpaired) electrons. The molecule has 10 rings (SSSR count). The maximum Gasteiger partial charge on any atom is 0.241 e. The van der Waals surface area contributed by atoms with Crippen molar-refractivity contribution in [3.8, 4) is 34.3 Å². The molecule has 3 N–H and O–H groups in total. The fourth-order valence-corrected chi connectivity index (χ4v) is 9.31. The van der Waals surface area contributed by atoms with E-state index in [9.17, 15) is 9.59 Å². The molecule has 4 atom stereocenters. The molecule has 0 aliphatic carbocycles. The lowest BCUT2D eigenvalue weighted by molar-refractivity contribution is -0.120. The van der Waals surface area contributed by atoms with E-state index in [0.717, 1.165) is 96.9 Å². The number of aryl methyl sites for hydroxylation is 2. The Hall–Kier alpha value is -6.26. The highest BCUT2D eigenvalue weighted by molar-refractivity contribution is 5.86. The zero-order chi connectivity index (χ0) is 45.2. The number of pyridine rings is 2. The van der Waals surface area contributed by atoms with Crippen LogP contribution in [0.4, 0.5) is 11.4 Å². The van der Waals surface area contributed by atoms with Crippen molar-refractivity contribution in [1.82, 2.24) is 49.9 Å². The zero-order valence-corrected chi connectivity index (χ0v) is 38.5. The standard InChI is InChI=1S/C26H34N6O2.C23H28N6O2/c1-17(2)31-9-11-32(12-10-31)21-7-5-19(6-8-21)22-14-23-25(30(4)16-28-23)26(29-22)34-18(3)20-13-24(33)27-15-20;1-15(17-11-21(30)25-13-17)31-23-22-20(26-14-28(22)2)12-19(27-23)16-3-5-18(6-4-16)29-9-7-24-8-10-29/h5-8,14,16-18,20H,9-13,15H2,1-4H3,(H,27,33);3-6,12,14-15,17,24H,7-11,13H2,1-2H3,(H,25,30)/t18-,20-;15-,17-/m11/s1. The molecule has 65 heavy (non-hydrogen) atoms. The van der Waals surface area contributed by atoms with E-state index in [1.807, 2.05) is 49.2 Å². The first-order chi connectivity index (χ1) is 31.5. The molecular formula is C49H62N12O4. The normalized spacial score (nSPS) is 20.2. The van der Waals surface area contributed by atoms with Crippen molar-refractivity contribution in [3.05, 3.63) is 73.3 Å². The summed E-state index contributed by atoms with van der Waals surface area (Å²) in [5.74, 6) is 1.56. The minimum Gasteiger partial charge on any atom is -0.473 e. The number of rotatable bonds is 11. The van der Waals surface area contributed by atoms with Crippen LogP contribution < -0.4 is 35.2 Å². The van der Waals surface area contributed by atoms with Gasteiger partial charge in [0.25, 0.3) is 0 Å². The molecular weight excluding hydrogens is 821 g/mol. The van der Waals surface area contributed by atoms with Crippen molar-refractivity contribution < 1.29 is 19.1 Å². The molecule has 8 heterocycles. The third-order valence-electron chi connectivity index (χ3n) is 13.5. The number of nitrogens with one attached hydrogen (secondary N) is 3. The average molecular weight is 883 g/mol. The SMILES string of the molecule is CC(C)N1CCN(c2ccc(-c3cc4ncn(C)c4c(O[C@H](C)[C@H]4CNC(=O)C4)n3)cc2)CC1.C[C@@H](Oc1nc(-c2ccc(N3CCNCC3)cc2)cc2ncn(C)c12)[C@H]1CNC(=O)C1. The molecule has 4 fully saturated rings. The van der Waals surface area contributed by atoms with Gasteiger partial charge in [-0.05, 0) is 64.1 Å². The van der Waals surface area contributed by atoms with Crippen molar-refractivity contribution in [2.75, 3.05) is 75.2 Å². The summed E-state index contributed by atoms with van der Waals surface area (Å²) in [5, 5.41) is 9.17. The Morgan fingerprint density at radius 3 is 1.43 bits per heavy atom. The number of imidazole rings is 2. The van der Waals surface area contributed by atoms with E-state index in [2.05, 4.69) is 103 Å². The minimum absolute atomic E-state index is 0.0809. The number of carbonyl (C=O) groups is 2. The van der Waals surface area contributed by atoms with Gasteiger partial charge in [-0.2, -0.15) is 0 Å². The number of amides is 2. The van der Waals surface area contributed by atoms with Gasteiger partial charge in [0.1, 0.15) is 23.2 Å². The largest absolute Gasteiger partial charge is 0.473 e. The minimum atomic E-state index is -0.133. The van der Waals surface area contributed by atoms with Crippen LogP contribution in [-0.2, 0) is 23.7 Å². The average Bonchev–Trinajstić information content (AvgIpc) is 4.14. The summed E-state index contributed by atoms with van der Waals surface area (Å²) in [4.78, 5) is 49.5. The molecule has 16 heteroatoms. The van der Waals surface area contributed by atoms with E-state index < -0.39 is 0 Å². The molecule has 0 saturated carbocycles. The molecule has 0 spiro atoms. The van der Waals surface area contributed by atoms with Gasteiger partial charge in [-0.25, -0.2) is 19.9 Å². The summed E-state index contributed by atoms with van der Waals surface area (Å²) < 4.78 is 16.5. The summed E-state index contributed by atoms with van der Waals surface area (Å²) >= 11 is 0. The molecule has 6 aromatic rings. The van der Waals surface area contributed by atoms with Crippen LogP contribution >= 0.6 is 0 Å². The second-order valence-corrected chi connectivity index (χ2v) is 18.2. The number of benzene rings is 2. The number of anilines is 2. The van der Waals surface area contributed by atoms with Crippen LogP contribution in [0.3, 0.4) is 0 Å². The van der Waals surface area contributed by atoms with Gasteiger partial charge in [0.15, 0.2) is 0 Å². The van der Waals surface area contributed by atoms with Crippen LogP contribution in [0.25, 0.3) is 44.6 Å². The smallest absolute Gasteiger partial charge is 0.241 e. The van der Waals surface area contributed by atoms with Gasteiger partial charge < -0.3 is 44.4 Å². The second kappa shape index (κ2) is 19.1. The lowest BCUT2D eigenvalue weighted by Crippen LogP contribution is -2.48. The fraction of sp³-hybridized carbons (Fsp3) is 0.469.